The van der Waals surface area contributed by atoms with Gasteiger partial charge in [-0.3, -0.25) is 0 Å². The molecule has 35 heavy (non-hydrogen) atoms. The van der Waals surface area contributed by atoms with Crippen LogP contribution in [0.4, 0.5) is 18.0 Å². The monoisotopic (exact) mass is 485 g/mol. The van der Waals surface area contributed by atoms with Crippen molar-refractivity contribution in [3.8, 4) is 11.3 Å². The molecule has 2 aliphatic rings. The van der Waals surface area contributed by atoms with E-state index in [1.807, 2.05) is 0 Å². The fraction of sp³-hybridized carbons (Fsp3) is 0.444. The maximum absolute atomic E-state index is 14.5. The highest BCUT2D eigenvalue weighted by Gasteiger charge is 2.35. The highest BCUT2D eigenvalue weighted by atomic mass is 19.1. The molecule has 3 aromatic rings. The van der Waals surface area contributed by atoms with Gasteiger partial charge in [0.05, 0.1) is 23.4 Å². The Bertz CT molecular complexity index is 1200. The van der Waals surface area contributed by atoms with E-state index < -0.39 is 11.6 Å². The first-order chi connectivity index (χ1) is 16.9. The van der Waals surface area contributed by atoms with Crippen LogP contribution in [-0.4, -0.2) is 36.3 Å². The molecule has 5 rings (SSSR count). The van der Waals surface area contributed by atoms with Crippen LogP contribution in [0.2, 0.25) is 0 Å². The van der Waals surface area contributed by atoms with E-state index in [1.165, 1.54) is 18.2 Å². The minimum atomic E-state index is -0.652. The zero-order valence-electron chi connectivity index (χ0n) is 19.7. The maximum Gasteiger partial charge on any atom is 0.314 e. The molecule has 0 bridgehead atoms. The van der Waals surface area contributed by atoms with E-state index in [0.717, 1.165) is 49.3 Å². The highest BCUT2D eigenvalue weighted by Crippen LogP contribution is 2.48. The molecule has 5 nitrogen and oxygen atoms in total. The lowest BCUT2D eigenvalue weighted by Crippen LogP contribution is -2.43. The fourth-order valence-corrected chi connectivity index (χ4v) is 5.38. The molecule has 1 aliphatic carbocycles. The number of nitrogens with one attached hydrogen (secondary N) is 3. The van der Waals surface area contributed by atoms with Crippen LogP contribution in [0.1, 0.15) is 50.5 Å². The fourth-order valence-electron chi connectivity index (χ4n) is 5.38. The number of carbonyl (C=O) groups is 1. The zero-order valence-corrected chi connectivity index (χ0v) is 19.7. The Morgan fingerprint density at radius 3 is 2.43 bits per heavy atom. The molecule has 2 atom stereocenters. The summed E-state index contributed by atoms with van der Waals surface area (Å²) < 4.78 is 47.9. The number of hydrogen-bond donors (Lipinski definition) is 3. The van der Waals surface area contributed by atoms with Crippen LogP contribution in [0.5, 0.6) is 0 Å². The first-order valence-electron chi connectivity index (χ1n) is 12.3. The summed E-state index contributed by atoms with van der Waals surface area (Å²) in [6.07, 6.45) is 4.92. The first kappa shape index (κ1) is 23.7. The van der Waals surface area contributed by atoms with Crippen LogP contribution in [0.15, 0.2) is 36.4 Å². The number of rotatable bonds is 7. The lowest BCUT2D eigenvalue weighted by Gasteiger charge is -2.36. The second-order valence-corrected chi connectivity index (χ2v) is 9.72. The topological polar surface area (TPSA) is 66.2 Å². The predicted octanol–water partition coefficient (Wildman–Crippen LogP) is 6.00. The summed E-state index contributed by atoms with van der Waals surface area (Å²) in [5.74, 6) is -1.30. The number of aromatic nitrogens is 1. The normalized spacial score (nSPS) is 23.9. The van der Waals surface area contributed by atoms with E-state index >= 15 is 0 Å². The molecule has 2 fully saturated rings. The van der Waals surface area contributed by atoms with E-state index in [2.05, 4.69) is 22.5 Å². The van der Waals surface area contributed by atoms with Crippen molar-refractivity contribution in [1.82, 2.24) is 15.6 Å². The van der Waals surface area contributed by atoms with E-state index in [-0.39, 0.29) is 35.3 Å². The number of ether oxygens (including phenoxy) is 1. The predicted molar refractivity (Wildman–Crippen MR) is 129 cm³/mol. The van der Waals surface area contributed by atoms with E-state index in [0.29, 0.717) is 30.3 Å². The van der Waals surface area contributed by atoms with E-state index in [1.54, 1.807) is 12.1 Å². The van der Waals surface area contributed by atoms with Gasteiger partial charge in [0, 0.05) is 24.5 Å². The Balaban J connectivity index is 1.23. The van der Waals surface area contributed by atoms with Crippen LogP contribution in [0.25, 0.3) is 22.2 Å². The third-order valence-electron chi connectivity index (χ3n) is 7.33. The zero-order chi connectivity index (χ0) is 24.5. The number of fused-ring (bicyclic) bond motifs is 1. The summed E-state index contributed by atoms with van der Waals surface area (Å²) in [6.45, 7) is 3.14. The maximum atomic E-state index is 14.5. The Morgan fingerprint density at radius 1 is 1.00 bits per heavy atom. The van der Waals surface area contributed by atoms with Crippen molar-refractivity contribution < 1.29 is 22.7 Å². The first-order valence-corrected chi connectivity index (χ1v) is 12.3. The SMILES string of the molecule is CC[C@@H]1CC[C@H](CNC(=O)NC[C@H]2C[C@H](c3c(-c4ccc(F)cc4)[nH]c4c(F)cc(F)cc43)C2)O1. The van der Waals surface area contributed by atoms with Crippen LogP contribution in [0.3, 0.4) is 0 Å². The van der Waals surface area contributed by atoms with Crippen molar-refractivity contribution in [1.29, 1.82) is 0 Å². The van der Waals surface area contributed by atoms with Gasteiger partial charge in [0.25, 0.3) is 0 Å². The van der Waals surface area contributed by atoms with Gasteiger partial charge in [0.2, 0.25) is 0 Å². The van der Waals surface area contributed by atoms with Crippen molar-refractivity contribution in [2.75, 3.05) is 13.1 Å². The van der Waals surface area contributed by atoms with Gasteiger partial charge in [-0.25, -0.2) is 18.0 Å². The van der Waals surface area contributed by atoms with Crippen LogP contribution < -0.4 is 10.6 Å². The lowest BCUT2D eigenvalue weighted by molar-refractivity contribution is 0.0449. The summed E-state index contributed by atoms with van der Waals surface area (Å²) in [6, 6.07) is 7.99. The van der Waals surface area contributed by atoms with Crippen molar-refractivity contribution in [2.24, 2.45) is 5.92 Å². The average molecular weight is 486 g/mol. The molecule has 1 saturated carbocycles. The van der Waals surface area contributed by atoms with Crippen molar-refractivity contribution >= 4 is 16.9 Å². The van der Waals surface area contributed by atoms with E-state index in [4.69, 9.17) is 4.74 Å². The van der Waals surface area contributed by atoms with Crippen LogP contribution >= 0.6 is 0 Å². The lowest BCUT2D eigenvalue weighted by atomic mass is 9.70. The number of urea groups is 1. The Labute approximate surface area is 202 Å². The number of carbonyl (C=O) groups excluding carboxylic acids is 1. The highest BCUT2D eigenvalue weighted by molar-refractivity contribution is 5.92. The molecule has 0 radical (unpaired) electrons. The molecule has 3 N–H and O–H groups in total. The number of aromatic amines is 1. The second-order valence-electron chi connectivity index (χ2n) is 9.72. The van der Waals surface area contributed by atoms with Crippen LogP contribution in [-0.2, 0) is 4.74 Å². The number of halogens is 3. The Hall–Kier alpha value is -3.00. The summed E-state index contributed by atoms with van der Waals surface area (Å²) >= 11 is 0. The van der Waals surface area contributed by atoms with Crippen LogP contribution in [0, 0.1) is 23.4 Å². The third-order valence-corrected chi connectivity index (χ3v) is 7.33. The van der Waals surface area contributed by atoms with Gasteiger partial charge in [0.1, 0.15) is 17.5 Å². The van der Waals surface area contributed by atoms with Gasteiger partial charge in [-0.2, -0.15) is 0 Å². The molecule has 1 saturated heterocycles. The molecule has 1 aliphatic heterocycles. The van der Waals surface area contributed by atoms with Gasteiger partial charge in [-0.05, 0) is 85.4 Å². The number of H-pyrrole nitrogens is 1. The largest absolute Gasteiger partial charge is 0.373 e. The molecular formula is C27H30F3N3O2. The standard InChI is InChI=1S/C27H30F3N3O2/c1-2-20-7-8-21(35-20)14-32-27(34)31-13-15-9-17(10-15)24-22-11-19(29)12-23(30)26(22)33-25(24)16-3-5-18(28)6-4-16/h3-6,11-12,15,17,20-21,33H,2,7-10,13-14H2,1H3,(H2,31,32,34)/t15-,17-,20-,21-/m1/s1. The van der Waals surface area contributed by atoms with Crippen molar-refractivity contribution in [2.45, 2.75) is 57.2 Å². The number of amides is 2. The molecule has 2 aromatic carbocycles. The average Bonchev–Trinajstić information content (AvgIpc) is 3.42. The van der Waals surface area contributed by atoms with Gasteiger partial charge in [-0.1, -0.05) is 6.92 Å². The van der Waals surface area contributed by atoms with Gasteiger partial charge < -0.3 is 20.4 Å². The van der Waals surface area contributed by atoms with Crippen molar-refractivity contribution in [3.05, 3.63) is 59.4 Å². The summed E-state index contributed by atoms with van der Waals surface area (Å²) in [4.78, 5) is 15.3. The second kappa shape index (κ2) is 9.93. The molecule has 1 aromatic heterocycles. The third kappa shape index (κ3) is 5.03. The molecule has 2 heterocycles. The minimum Gasteiger partial charge on any atom is -0.373 e. The van der Waals surface area contributed by atoms with Gasteiger partial charge >= 0.3 is 6.03 Å². The van der Waals surface area contributed by atoms with E-state index in [9.17, 15) is 18.0 Å². The van der Waals surface area contributed by atoms with Gasteiger partial charge in [-0.15, -0.1) is 0 Å². The van der Waals surface area contributed by atoms with Gasteiger partial charge in [0.15, 0.2) is 0 Å². The number of benzene rings is 2. The molecule has 0 unspecified atom stereocenters. The smallest absolute Gasteiger partial charge is 0.314 e. The number of hydrogen-bond acceptors (Lipinski definition) is 2. The summed E-state index contributed by atoms with van der Waals surface area (Å²) in [7, 11) is 0. The quantitative estimate of drug-likeness (QED) is 0.384. The Kier molecular flexibility index (Phi) is 6.73. The Morgan fingerprint density at radius 2 is 1.71 bits per heavy atom. The summed E-state index contributed by atoms with van der Waals surface area (Å²) in [5.41, 5.74) is 2.49. The minimum absolute atomic E-state index is 0.0753. The molecule has 2 amide bonds. The molecular weight excluding hydrogens is 455 g/mol. The van der Waals surface area contributed by atoms with Crippen molar-refractivity contribution in [3.63, 3.8) is 0 Å². The molecule has 186 valence electrons. The summed E-state index contributed by atoms with van der Waals surface area (Å²) in [5, 5.41) is 6.33. The molecule has 8 heteroatoms. The molecule has 0 spiro atoms.